The highest BCUT2D eigenvalue weighted by Gasteiger charge is 2.44. The van der Waals surface area contributed by atoms with Gasteiger partial charge in [-0.3, -0.25) is 14.4 Å². The van der Waals surface area contributed by atoms with E-state index in [-0.39, 0.29) is 35.4 Å². The van der Waals surface area contributed by atoms with Crippen LogP contribution >= 0.6 is 0 Å². The number of methoxy groups -OCH3 is 1. The van der Waals surface area contributed by atoms with Gasteiger partial charge < -0.3 is 24.1 Å². The molecule has 0 radical (unpaired) electrons. The van der Waals surface area contributed by atoms with Gasteiger partial charge in [-0.1, -0.05) is 24.3 Å². The molecule has 11 nitrogen and oxygen atoms in total. The normalized spacial score (nSPS) is 18.3. The highest BCUT2D eigenvalue weighted by atomic mass is 32.2. The van der Waals surface area contributed by atoms with E-state index in [1.807, 2.05) is 0 Å². The third-order valence-electron chi connectivity index (χ3n) is 6.90. The fraction of sp³-hybridized carbons (Fsp3) is 0.321. The van der Waals surface area contributed by atoms with Crippen LogP contribution in [0.4, 0.5) is 0 Å². The first-order valence-electron chi connectivity index (χ1n) is 12.8. The number of ether oxygens (including phenoxy) is 2. The van der Waals surface area contributed by atoms with Crippen LogP contribution < -0.4 is 10.1 Å². The molecule has 12 heteroatoms. The van der Waals surface area contributed by atoms with Gasteiger partial charge in [0.25, 0.3) is 21.8 Å². The van der Waals surface area contributed by atoms with Crippen LogP contribution in [0.5, 0.6) is 5.75 Å². The Labute approximate surface area is 231 Å². The van der Waals surface area contributed by atoms with Crippen molar-refractivity contribution < 1.29 is 36.7 Å². The highest BCUT2D eigenvalue weighted by Crippen LogP contribution is 2.31. The summed E-state index contributed by atoms with van der Waals surface area (Å²) in [6.07, 6.45) is 2.93. The predicted molar refractivity (Wildman–Crippen MR) is 142 cm³/mol. The van der Waals surface area contributed by atoms with Crippen molar-refractivity contribution in [3.8, 4) is 5.75 Å². The van der Waals surface area contributed by atoms with Gasteiger partial charge in [-0.25, -0.2) is 12.7 Å². The Morgan fingerprint density at radius 1 is 1.15 bits per heavy atom. The van der Waals surface area contributed by atoms with Crippen molar-refractivity contribution in [2.75, 3.05) is 26.8 Å². The molecule has 2 atom stereocenters. The Kier molecular flexibility index (Phi) is 7.90. The number of hydrogen-bond donors (Lipinski definition) is 1. The summed E-state index contributed by atoms with van der Waals surface area (Å²) in [6, 6.07) is 14.6. The molecule has 1 saturated heterocycles. The maximum Gasteiger partial charge on any atom is 0.269 e. The van der Waals surface area contributed by atoms with Crippen LogP contribution in [-0.2, 0) is 30.9 Å². The van der Waals surface area contributed by atoms with Crippen molar-refractivity contribution >= 4 is 27.7 Å². The van der Waals surface area contributed by atoms with Crippen molar-refractivity contribution in [3.05, 3.63) is 83.8 Å². The van der Waals surface area contributed by atoms with E-state index in [0.29, 0.717) is 22.2 Å². The number of nitrogens with one attached hydrogen (secondary N) is 1. The number of rotatable bonds is 10. The minimum Gasteiger partial charge on any atom is -0.497 e. The van der Waals surface area contributed by atoms with E-state index >= 15 is 0 Å². The smallest absolute Gasteiger partial charge is 0.269 e. The van der Waals surface area contributed by atoms with Crippen LogP contribution in [-0.4, -0.2) is 68.3 Å². The monoisotopic (exact) mass is 567 g/mol. The molecule has 3 aromatic rings. The number of amides is 3. The second-order valence-corrected chi connectivity index (χ2v) is 11.3. The lowest BCUT2D eigenvalue weighted by Gasteiger charge is -2.31. The predicted octanol–water partition coefficient (Wildman–Crippen LogP) is 2.50. The molecule has 0 saturated carbocycles. The van der Waals surface area contributed by atoms with E-state index < -0.39 is 40.3 Å². The maximum absolute atomic E-state index is 13.9. The maximum atomic E-state index is 13.9. The average molecular weight is 568 g/mol. The van der Waals surface area contributed by atoms with Gasteiger partial charge in [0.1, 0.15) is 22.9 Å². The van der Waals surface area contributed by atoms with Gasteiger partial charge in [-0.15, -0.1) is 0 Å². The first kappa shape index (κ1) is 27.4. The van der Waals surface area contributed by atoms with Crippen LogP contribution in [0, 0.1) is 0 Å². The first-order chi connectivity index (χ1) is 19.3. The molecule has 1 N–H and O–H groups in total. The van der Waals surface area contributed by atoms with E-state index in [4.69, 9.17) is 13.9 Å². The van der Waals surface area contributed by atoms with E-state index in [9.17, 15) is 22.8 Å². The number of fused-ring (bicyclic) bond motifs is 1. The summed E-state index contributed by atoms with van der Waals surface area (Å²) in [5.74, 6) is -1.38. The molecule has 2 aliphatic heterocycles. The Morgan fingerprint density at radius 3 is 2.67 bits per heavy atom. The van der Waals surface area contributed by atoms with Crippen LogP contribution in [0.15, 0.2) is 76.2 Å². The fourth-order valence-corrected chi connectivity index (χ4v) is 6.40. The standard InChI is InChI=1S/C28H29N3O8S/c1-37-20-8-4-7-19(15-20)17-30(25(32)18-31-28(34)22-10-2-3-12-24(22)40(31,35)36)26(23-11-6-14-39-23)27(33)29-16-21-9-5-13-38-21/h2-4,6-8,10-12,14-15,21,26H,5,9,13,16-18H2,1H3,(H,29,33)/t21-,26-/m0/s1. The molecule has 3 amide bonds. The summed E-state index contributed by atoms with van der Waals surface area (Å²) in [7, 11) is -2.75. The van der Waals surface area contributed by atoms with Crippen LogP contribution in [0.1, 0.15) is 40.6 Å². The summed E-state index contributed by atoms with van der Waals surface area (Å²) >= 11 is 0. The first-order valence-corrected chi connectivity index (χ1v) is 14.2. The Hall–Kier alpha value is -4.16. The minimum absolute atomic E-state index is 0.00784. The number of sulfonamides is 1. The Morgan fingerprint density at radius 2 is 1.98 bits per heavy atom. The molecule has 2 aliphatic rings. The van der Waals surface area contributed by atoms with E-state index in [1.54, 1.807) is 42.5 Å². The van der Waals surface area contributed by atoms with Crippen LogP contribution in [0.3, 0.4) is 0 Å². The largest absolute Gasteiger partial charge is 0.497 e. The summed E-state index contributed by atoms with van der Waals surface area (Å²) in [6.45, 7) is -0.0331. The van der Waals surface area contributed by atoms with Crippen molar-refractivity contribution in [2.45, 2.75) is 36.4 Å². The lowest BCUT2D eigenvalue weighted by atomic mass is 10.1. The lowest BCUT2D eigenvalue weighted by molar-refractivity contribution is -0.142. The Balaban J connectivity index is 1.48. The molecular formula is C28H29N3O8S. The van der Waals surface area contributed by atoms with Crippen molar-refractivity contribution in [1.29, 1.82) is 0 Å². The van der Waals surface area contributed by atoms with Gasteiger partial charge in [0.15, 0.2) is 6.04 Å². The zero-order valence-corrected chi connectivity index (χ0v) is 22.6. The second kappa shape index (κ2) is 11.5. The van der Waals surface area contributed by atoms with E-state index in [0.717, 1.165) is 12.8 Å². The van der Waals surface area contributed by atoms with Crippen LogP contribution in [0.25, 0.3) is 0 Å². The summed E-state index contributed by atoms with van der Waals surface area (Å²) in [4.78, 5) is 41.6. The number of nitrogens with zero attached hydrogens (tertiary/aromatic N) is 2. The third-order valence-corrected chi connectivity index (χ3v) is 8.69. The van der Waals surface area contributed by atoms with Crippen LogP contribution in [0.2, 0.25) is 0 Å². The molecule has 1 aromatic heterocycles. The van der Waals surface area contributed by atoms with E-state index in [2.05, 4.69) is 5.32 Å². The Bertz CT molecular complexity index is 1500. The fourth-order valence-electron chi connectivity index (χ4n) is 4.88. The molecule has 40 heavy (non-hydrogen) atoms. The SMILES string of the molecule is COc1cccc(CN(C(=O)CN2C(=O)c3ccccc3S2(=O)=O)[C@H](C(=O)NC[C@@H]2CCCO2)c2ccco2)c1. The number of carbonyl (C=O) groups is 3. The number of hydrogen-bond acceptors (Lipinski definition) is 8. The van der Waals surface area contributed by atoms with Gasteiger partial charge >= 0.3 is 0 Å². The van der Waals surface area contributed by atoms with Crippen molar-refractivity contribution in [3.63, 3.8) is 0 Å². The highest BCUT2D eigenvalue weighted by molar-refractivity contribution is 7.90. The molecule has 5 rings (SSSR count). The lowest BCUT2D eigenvalue weighted by Crippen LogP contribution is -2.48. The quantitative estimate of drug-likeness (QED) is 0.395. The van der Waals surface area contributed by atoms with Gasteiger partial charge in [-0.05, 0) is 54.8 Å². The van der Waals surface area contributed by atoms with Gasteiger partial charge in [0.05, 0.1) is 25.0 Å². The molecular weight excluding hydrogens is 538 g/mol. The summed E-state index contributed by atoms with van der Waals surface area (Å²) in [5, 5.41) is 2.85. The van der Waals surface area contributed by atoms with Crippen molar-refractivity contribution in [1.82, 2.24) is 14.5 Å². The molecule has 2 aromatic carbocycles. The summed E-state index contributed by atoms with van der Waals surface area (Å²) in [5.41, 5.74) is 0.613. The zero-order chi connectivity index (χ0) is 28.3. The zero-order valence-electron chi connectivity index (χ0n) is 21.8. The molecule has 0 bridgehead atoms. The molecule has 3 heterocycles. The topological polar surface area (TPSA) is 135 Å². The third kappa shape index (κ3) is 5.45. The number of benzene rings is 2. The van der Waals surface area contributed by atoms with Crippen molar-refractivity contribution in [2.24, 2.45) is 0 Å². The average Bonchev–Trinajstić information content (AvgIpc) is 3.72. The van der Waals surface area contributed by atoms with Gasteiger partial charge in [0, 0.05) is 19.7 Å². The number of carbonyl (C=O) groups excluding carboxylic acids is 3. The molecule has 0 aliphatic carbocycles. The number of furan rings is 1. The van der Waals surface area contributed by atoms with Gasteiger partial charge in [-0.2, -0.15) is 0 Å². The second-order valence-electron chi connectivity index (χ2n) is 9.48. The summed E-state index contributed by atoms with van der Waals surface area (Å²) < 4.78 is 43.4. The molecule has 1 fully saturated rings. The minimum atomic E-state index is -4.25. The molecule has 0 unspecified atom stereocenters. The van der Waals surface area contributed by atoms with E-state index in [1.165, 1.54) is 36.5 Å². The molecule has 210 valence electrons. The van der Waals surface area contributed by atoms with Gasteiger partial charge in [0.2, 0.25) is 5.91 Å². The molecule has 0 spiro atoms.